The molecule has 2 rings (SSSR count). The summed E-state index contributed by atoms with van der Waals surface area (Å²) in [7, 11) is -4.01. The van der Waals surface area contributed by atoms with Crippen molar-refractivity contribution in [3.8, 4) is 0 Å². The molecule has 1 heterocycles. The molecule has 1 fully saturated rings. The van der Waals surface area contributed by atoms with E-state index in [-0.39, 0.29) is 18.4 Å². The topological polar surface area (TPSA) is 91.8 Å². The lowest BCUT2D eigenvalue weighted by molar-refractivity contribution is -0.143. The molecule has 1 aliphatic heterocycles. The van der Waals surface area contributed by atoms with Crippen LogP contribution in [0.5, 0.6) is 0 Å². The first-order valence-electron chi connectivity index (χ1n) is 6.10. The number of sulfonamides is 1. The average molecular weight is 342 g/mol. The molecule has 0 aromatic carbocycles. The zero-order valence-corrected chi connectivity index (χ0v) is 12.7. The molecule has 6 nitrogen and oxygen atoms in total. The summed E-state index contributed by atoms with van der Waals surface area (Å²) in [5.41, 5.74) is 0. The Labute approximate surface area is 126 Å². The fraction of sp³-hybridized carbons (Fsp3) is 0.636. The second-order valence-corrected chi connectivity index (χ2v) is 7.76. The molecular weight excluding hydrogens is 329 g/mol. The molecule has 1 N–H and O–H groups in total. The molecule has 112 valence electrons. The Morgan fingerprint density at radius 3 is 2.20 bits per heavy atom. The summed E-state index contributed by atoms with van der Waals surface area (Å²) < 4.78 is 23.8. The fourth-order valence-electron chi connectivity index (χ4n) is 2.52. The van der Waals surface area contributed by atoms with E-state index in [1.165, 1.54) is 0 Å². The van der Waals surface area contributed by atoms with Crippen LogP contribution in [0.25, 0.3) is 0 Å². The van der Waals surface area contributed by atoms with E-state index in [4.69, 9.17) is 28.3 Å². The zero-order valence-electron chi connectivity index (χ0n) is 10.4. The van der Waals surface area contributed by atoms with Gasteiger partial charge in [-0.1, -0.05) is 23.2 Å². The van der Waals surface area contributed by atoms with E-state index < -0.39 is 31.3 Å². The number of carbonyl (C=O) groups is 2. The first-order valence-corrected chi connectivity index (χ1v) is 8.30. The number of hydrogen-bond donors (Lipinski definition) is 1. The highest BCUT2D eigenvalue weighted by Gasteiger charge is 2.43. The van der Waals surface area contributed by atoms with Gasteiger partial charge in [-0.05, 0) is 31.6 Å². The molecule has 0 bridgehead atoms. The third-order valence-electron chi connectivity index (χ3n) is 3.72. The molecule has 0 saturated heterocycles. The molecule has 1 aliphatic carbocycles. The van der Waals surface area contributed by atoms with Crippen LogP contribution in [-0.2, 0) is 19.6 Å². The van der Waals surface area contributed by atoms with Gasteiger partial charge in [-0.25, -0.2) is 4.31 Å². The van der Waals surface area contributed by atoms with Crippen molar-refractivity contribution in [3.63, 3.8) is 0 Å². The highest BCUT2D eigenvalue weighted by Crippen LogP contribution is 2.36. The average Bonchev–Trinajstić information content (AvgIpc) is 2.54. The van der Waals surface area contributed by atoms with E-state index in [0.717, 1.165) is 0 Å². The lowest BCUT2D eigenvalue weighted by atomic mass is 9.82. The minimum atomic E-state index is -4.01. The van der Waals surface area contributed by atoms with Gasteiger partial charge >= 0.3 is 5.97 Å². The van der Waals surface area contributed by atoms with Crippen molar-refractivity contribution in [2.75, 3.05) is 6.54 Å². The van der Waals surface area contributed by atoms with Crippen molar-refractivity contribution in [1.82, 2.24) is 4.31 Å². The van der Waals surface area contributed by atoms with Crippen LogP contribution in [0.1, 0.15) is 25.7 Å². The van der Waals surface area contributed by atoms with Crippen molar-refractivity contribution in [1.29, 1.82) is 0 Å². The standard InChI is InChI=1S/C11H13Cl2NO5S/c12-8-9(13)20(18,19)14(10(8)15)5-6-1-3-7(4-2-6)11(16)17/h6-7H,1-5H2,(H,16,17). The van der Waals surface area contributed by atoms with Gasteiger partial charge in [-0.15, -0.1) is 0 Å². The van der Waals surface area contributed by atoms with Crippen LogP contribution in [0.3, 0.4) is 0 Å². The number of hydrogen-bond acceptors (Lipinski definition) is 4. The van der Waals surface area contributed by atoms with Gasteiger partial charge < -0.3 is 5.11 Å². The minimum absolute atomic E-state index is 0.0000539. The monoisotopic (exact) mass is 341 g/mol. The van der Waals surface area contributed by atoms with Gasteiger partial charge in [-0.2, -0.15) is 8.42 Å². The van der Waals surface area contributed by atoms with Crippen LogP contribution in [0.2, 0.25) is 0 Å². The normalized spacial score (nSPS) is 29.9. The number of carboxylic acids is 1. The third kappa shape index (κ3) is 2.66. The minimum Gasteiger partial charge on any atom is -0.481 e. The highest BCUT2D eigenvalue weighted by molar-refractivity contribution is 7.95. The Bertz CT molecular complexity index is 578. The van der Waals surface area contributed by atoms with Crippen LogP contribution in [-0.4, -0.2) is 36.3 Å². The second-order valence-electron chi connectivity index (χ2n) is 4.98. The molecule has 0 radical (unpaired) electrons. The quantitative estimate of drug-likeness (QED) is 0.843. The first kappa shape index (κ1) is 15.6. The van der Waals surface area contributed by atoms with Crippen LogP contribution in [0.15, 0.2) is 9.40 Å². The van der Waals surface area contributed by atoms with E-state index in [2.05, 4.69) is 0 Å². The van der Waals surface area contributed by atoms with Gasteiger partial charge in [0, 0.05) is 6.54 Å². The molecular formula is C11H13Cl2NO5S. The summed E-state index contributed by atoms with van der Waals surface area (Å²) in [6.45, 7) is -0.0000539. The molecule has 0 unspecified atom stereocenters. The van der Waals surface area contributed by atoms with Gasteiger partial charge in [0.05, 0.1) is 5.92 Å². The molecule has 1 amide bonds. The predicted octanol–water partition coefficient (Wildman–Crippen LogP) is 1.70. The Kier molecular flexibility index (Phi) is 4.32. The largest absolute Gasteiger partial charge is 0.481 e. The van der Waals surface area contributed by atoms with E-state index in [1.807, 2.05) is 0 Å². The van der Waals surface area contributed by atoms with E-state index >= 15 is 0 Å². The highest BCUT2D eigenvalue weighted by atomic mass is 35.5. The van der Waals surface area contributed by atoms with Gasteiger partial charge in [0.1, 0.15) is 5.03 Å². The van der Waals surface area contributed by atoms with Gasteiger partial charge in [0.2, 0.25) is 0 Å². The van der Waals surface area contributed by atoms with Crippen molar-refractivity contribution >= 4 is 45.1 Å². The number of aliphatic carboxylic acids is 1. The molecule has 0 aromatic rings. The SMILES string of the molecule is O=C(O)C1CCC(CN2C(=O)C(Cl)=C(Cl)S2(=O)=O)CC1. The van der Waals surface area contributed by atoms with Crippen LogP contribution in [0, 0.1) is 11.8 Å². The Morgan fingerprint density at radius 2 is 1.80 bits per heavy atom. The first-order chi connectivity index (χ1) is 9.25. The van der Waals surface area contributed by atoms with Crippen LogP contribution in [0.4, 0.5) is 0 Å². The van der Waals surface area contributed by atoms with E-state index in [9.17, 15) is 18.0 Å². The molecule has 20 heavy (non-hydrogen) atoms. The number of nitrogens with zero attached hydrogens (tertiary/aromatic N) is 1. The third-order valence-corrected chi connectivity index (χ3v) is 6.61. The number of carboxylic acid groups (broad SMARTS) is 1. The lowest BCUT2D eigenvalue weighted by Gasteiger charge is -2.28. The molecule has 1 saturated carbocycles. The summed E-state index contributed by atoms with van der Waals surface area (Å²) in [6, 6.07) is 0. The summed E-state index contributed by atoms with van der Waals surface area (Å²) in [5, 5.41) is 8.42. The molecule has 2 aliphatic rings. The van der Waals surface area contributed by atoms with Gasteiger partial charge in [0.15, 0.2) is 4.36 Å². The van der Waals surface area contributed by atoms with Crippen molar-refractivity contribution in [3.05, 3.63) is 9.40 Å². The van der Waals surface area contributed by atoms with Crippen LogP contribution >= 0.6 is 23.2 Å². The smallest absolute Gasteiger partial charge is 0.306 e. The number of halogens is 2. The summed E-state index contributed by atoms with van der Waals surface area (Å²) in [6.07, 6.45) is 2.09. The van der Waals surface area contributed by atoms with Crippen molar-refractivity contribution in [2.24, 2.45) is 11.8 Å². The molecule has 9 heteroatoms. The Morgan fingerprint density at radius 1 is 1.25 bits per heavy atom. The zero-order chi connectivity index (χ0) is 15.1. The molecule has 0 atom stereocenters. The number of rotatable bonds is 3. The predicted molar refractivity (Wildman–Crippen MR) is 72.4 cm³/mol. The molecule has 0 spiro atoms. The number of amides is 1. The van der Waals surface area contributed by atoms with Crippen molar-refractivity contribution < 1.29 is 23.1 Å². The second kappa shape index (κ2) is 5.54. The summed E-state index contributed by atoms with van der Waals surface area (Å²) >= 11 is 11.1. The Balaban J connectivity index is 2.03. The van der Waals surface area contributed by atoms with Gasteiger partial charge in [-0.3, -0.25) is 9.59 Å². The maximum Gasteiger partial charge on any atom is 0.306 e. The van der Waals surface area contributed by atoms with Crippen LogP contribution < -0.4 is 0 Å². The maximum absolute atomic E-state index is 11.9. The molecule has 0 aromatic heterocycles. The fourth-order valence-corrected chi connectivity index (χ4v) is 4.52. The van der Waals surface area contributed by atoms with E-state index in [1.54, 1.807) is 0 Å². The Hall–Kier alpha value is -0.790. The summed E-state index contributed by atoms with van der Waals surface area (Å²) in [4.78, 5) is 22.6. The number of carbonyl (C=O) groups excluding carboxylic acids is 1. The van der Waals surface area contributed by atoms with E-state index in [0.29, 0.717) is 30.0 Å². The van der Waals surface area contributed by atoms with Gasteiger partial charge in [0.25, 0.3) is 15.9 Å². The lowest BCUT2D eigenvalue weighted by Crippen LogP contribution is -2.37. The van der Waals surface area contributed by atoms with Crippen molar-refractivity contribution in [2.45, 2.75) is 25.7 Å². The summed E-state index contributed by atoms with van der Waals surface area (Å²) in [5.74, 6) is -2.09. The maximum atomic E-state index is 11.9.